The Bertz CT molecular complexity index is 457. The first-order valence-corrected chi connectivity index (χ1v) is 10.1. The van der Waals surface area contributed by atoms with Crippen molar-refractivity contribution in [3.63, 3.8) is 0 Å². The van der Waals surface area contributed by atoms with Gasteiger partial charge in [-0.2, -0.15) is 0 Å². The molecule has 1 saturated heterocycles. The molecule has 1 unspecified atom stereocenters. The Kier molecular flexibility index (Phi) is 12.3. The molecule has 2 rings (SSSR count). The largest absolute Gasteiger partial charge is 0.381 e. The minimum Gasteiger partial charge on any atom is -0.381 e. The van der Waals surface area contributed by atoms with Gasteiger partial charge in [0.1, 0.15) is 6.54 Å². The van der Waals surface area contributed by atoms with E-state index in [0.717, 1.165) is 51.1 Å². The summed E-state index contributed by atoms with van der Waals surface area (Å²) in [5.74, 6) is 1.55. The molecule has 0 aromatic rings. The molecular weight excluding hydrogens is 457 g/mol. The van der Waals surface area contributed by atoms with E-state index in [0.29, 0.717) is 6.04 Å². The SMILES string of the molecule is CCN1CCCC1CNC(=NCC(=O)N(C)C)NCCCOCC1CC1.I. The van der Waals surface area contributed by atoms with Crippen LogP contribution >= 0.6 is 24.0 Å². The van der Waals surface area contributed by atoms with E-state index < -0.39 is 0 Å². The molecule has 1 saturated carbocycles. The molecule has 1 atom stereocenters. The smallest absolute Gasteiger partial charge is 0.243 e. The number of ether oxygens (including phenoxy) is 1. The zero-order valence-electron chi connectivity index (χ0n) is 17.2. The van der Waals surface area contributed by atoms with Crippen molar-refractivity contribution in [1.82, 2.24) is 20.4 Å². The lowest BCUT2D eigenvalue weighted by Gasteiger charge is -2.24. The molecule has 1 aliphatic carbocycles. The minimum atomic E-state index is 0. The van der Waals surface area contributed by atoms with Gasteiger partial charge in [0.05, 0.1) is 0 Å². The molecule has 2 fully saturated rings. The molecule has 2 aliphatic rings. The summed E-state index contributed by atoms with van der Waals surface area (Å²) >= 11 is 0. The number of rotatable bonds is 11. The number of carbonyl (C=O) groups is 1. The number of hydrogen-bond acceptors (Lipinski definition) is 4. The zero-order chi connectivity index (χ0) is 18.8. The van der Waals surface area contributed by atoms with Crippen molar-refractivity contribution < 1.29 is 9.53 Å². The number of likely N-dealkylation sites (N-methyl/N-ethyl adjacent to an activating group) is 2. The van der Waals surface area contributed by atoms with Gasteiger partial charge in [0.15, 0.2) is 5.96 Å². The van der Waals surface area contributed by atoms with Gasteiger partial charge in [-0.15, -0.1) is 24.0 Å². The molecule has 158 valence electrons. The summed E-state index contributed by atoms with van der Waals surface area (Å²) in [6.07, 6.45) is 6.08. The van der Waals surface area contributed by atoms with Crippen LogP contribution in [0.1, 0.15) is 39.0 Å². The van der Waals surface area contributed by atoms with Crippen molar-refractivity contribution in [2.75, 3.05) is 60.0 Å². The van der Waals surface area contributed by atoms with E-state index in [2.05, 4.69) is 27.4 Å². The van der Waals surface area contributed by atoms with E-state index in [9.17, 15) is 4.79 Å². The van der Waals surface area contributed by atoms with Gasteiger partial charge in [0.2, 0.25) is 5.91 Å². The highest BCUT2D eigenvalue weighted by molar-refractivity contribution is 14.0. The first-order valence-electron chi connectivity index (χ1n) is 10.1. The van der Waals surface area contributed by atoms with Crippen LogP contribution in [-0.4, -0.2) is 87.7 Å². The number of nitrogens with one attached hydrogen (secondary N) is 2. The first-order chi connectivity index (χ1) is 12.6. The monoisotopic (exact) mass is 495 g/mol. The van der Waals surface area contributed by atoms with E-state index in [1.807, 2.05) is 0 Å². The molecule has 0 aromatic heterocycles. The molecule has 1 heterocycles. The Balaban J connectivity index is 0.00000364. The Morgan fingerprint density at radius 1 is 1.26 bits per heavy atom. The van der Waals surface area contributed by atoms with Crippen molar-refractivity contribution in [3.8, 4) is 0 Å². The van der Waals surface area contributed by atoms with Gasteiger partial charge < -0.3 is 20.3 Å². The molecule has 0 spiro atoms. The number of amides is 1. The van der Waals surface area contributed by atoms with Crippen LogP contribution in [0.2, 0.25) is 0 Å². The van der Waals surface area contributed by atoms with Crippen molar-refractivity contribution in [1.29, 1.82) is 0 Å². The van der Waals surface area contributed by atoms with E-state index in [1.54, 1.807) is 19.0 Å². The van der Waals surface area contributed by atoms with Gasteiger partial charge >= 0.3 is 0 Å². The summed E-state index contributed by atoms with van der Waals surface area (Å²) in [6, 6.07) is 0.554. The number of nitrogens with zero attached hydrogens (tertiary/aromatic N) is 3. The van der Waals surface area contributed by atoms with Crippen LogP contribution in [-0.2, 0) is 9.53 Å². The van der Waals surface area contributed by atoms with Crippen LogP contribution in [0.4, 0.5) is 0 Å². The number of carbonyl (C=O) groups excluding carboxylic acids is 1. The highest BCUT2D eigenvalue weighted by atomic mass is 127. The fraction of sp³-hybridized carbons (Fsp3) is 0.895. The number of aliphatic imine (C=N–C) groups is 1. The van der Waals surface area contributed by atoms with Gasteiger partial charge in [0.25, 0.3) is 0 Å². The molecule has 8 heteroatoms. The standard InChI is InChI=1S/C19H37N5O2.HI/c1-4-24-11-5-7-17(24)13-21-19(22-14-18(25)23(2)3)20-10-6-12-26-15-16-8-9-16;/h16-17H,4-15H2,1-3H3,(H2,20,21,22);1H. The van der Waals surface area contributed by atoms with Crippen LogP contribution in [0.3, 0.4) is 0 Å². The quantitative estimate of drug-likeness (QED) is 0.197. The fourth-order valence-electron chi connectivity index (χ4n) is 3.14. The predicted octanol–water partition coefficient (Wildman–Crippen LogP) is 1.53. The van der Waals surface area contributed by atoms with Crippen molar-refractivity contribution in [2.24, 2.45) is 10.9 Å². The third kappa shape index (κ3) is 9.94. The molecule has 0 aromatic carbocycles. The Labute approximate surface area is 181 Å². The fourth-order valence-corrected chi connectivity index (χ4v) is 3.14. The second-order valence-electron chi connectivity index (χ2n) is 7.56. The molecule has 2 N–H and O–H groups in total. The summed E-state index contributed by atoms with van der Waals surface area (Å²) in [4.78, 5) is 20.4. The maximum atomic E-state index is 11.8. The Morgan fingerprint density at radius 2 is 2.04 bits per heavy atom. The summed E-state index contributed by atoms with van der Waals surface area (Å²) < 4.78 is 5.67. The van der Waals surface area contributed by atoms with E-state index >= 15 is 0 Å². The third-order valence-electron chi connectivity index (χ3n) is 5.09. The lowest BCUT2D eigenvalue weighted by molar-refractivity contribution is -0.127. The average molecular weight is 495 g/mol. The van der Waals surface area contributed by atoms with Gasteiger partial charge in [-0.1, -0.05) is 6.92 Å². The summed E-state index contributed by atoms with van der Waals surface area (Å²) in [7, 11) is 3.51. The average Bonchev–Trinajstić information content (AvgIpc) is 3.34. The predicted molar refractivity (Wildman–Crippen MR) is 121 cm³/mol. The molecule has 7 nitrogen and oxygen atoms in total. The Hall–Kier alpha value is -0.610. The Morgan fingerprint density at radius 3 is 2.70 bits per heavy atom. The highest BCUT2D eigenvalue weighted by Gasteiger charge is 2.23. The highest BCUT2D eigenvalue weighted by Crippen LogP contribution is 2.28. The molecule has 27 heavy (non-hydrogen) atoms. The van der Waals surface area contributed by atoms with Gasteiger partial charge in [0, 0.05) is 46.4 Å². The topological polar surface area (TPSA) is 69.2 Å². The van der Waals surface area contributed by atoms with Crippen molar-refractivity contribution >= 4 is 35.8 Å². The maximum Gasteiger partial charge on any atom is 0.243 e. The summed E-state index contributed by atoms with van der Waals surface area (Å²) in [6.45, 7) is 8.00. The number of guanidine groups is 1. The van der Waals surface area contributed by atoms with Crippen molar-refractivity contribution in [3.05, 3.63) is 0 Å². The first kappa shape index (κ1) is 24.4. The number of likely N-dealkylation sites (tertiary alicyclic amines) is 1. The second-order valence-corrected chi connectivity index (χ2v) is 7.56. The number of hydrogen-bond donors (Lipinski definition) is 2. The lowest BCUT2D eigenvalue weighted by atomic mass is 10.2. The third-order valence-corrected chi connectivity index (χ3v) is 5.09. The molecular formula is C19H38IN5O2. The number of halogens is 1. The normalized spacial score (nSPS) is 20.3. The molecule has 1 aliphatic heterocycles. The van der Waals surface area contributed by atoms with Crippen molar-refractivity contribution in [2.45, 2.75) is 45.1 Å². The van der Waals surface area contributed by atoms with E-state index in [4.69, 9.17) is 4.74 Å². The summed E-state index contributed by atoms with van der Waals surface area (Å²) in [5.41, 5.74) is 0. The van der Waals surface area contributed by atoms with Gasteiger partial charge in [-0.05, 0) is 51.1 Å². The lowest BCUT2D eigenvalue weighted by Crippen LogP contribution is -2.45. The molecule has 0 radical (unpaired) electrons. The van der Waals surface area contributed by atoms with Crippen LogP contribution in [0.5, 0.6) is 0 Å². The van der Waals surface area contributed by atoms with Crippen LogP contribution in [0.25, 0.3) is 0 Å². The van der Waals surface area contributed by atoms with Crippen LogP contribution in [0, 0.1) is 5.92 Å². The second kappa shape index (κ2) is 13.5. The van der Waals surface area contributed by atoms with E-state index in [-0.39, 0.29) is 36.4 Å². The van der Waals surface area contributed by atoms with Gasteiger partial charge in [-0.25, -0.2) is 4.99 Å². The molecule has 1 amide bonds. The summed E-state index contributed by atoms with van der Waals surface area (Å²) in [5, 5.41) is 6.77. The van der Waals surface area contributed by atoms with Crippen LogP contribution < -0.4 is 10.6 Å². The van der Waals surface area contributed by atoms with Gasteiger partial charge in [-0.3, -0.25) is 9.69 Å². The van der Waals surface area contributed by atoms with Crippen LogP contribution in [0.15, 0.2) is 4.99 Å². The minimum absolute atomic E-state index is 0. The zero-order valence-corrected chi connectivity index (χ0v) is 19.5. The maximum absolute atomic E-state index is 11.8. The van der Waals surface area contributed by atoms with E-state index in [1.165, 1.54) is 32.2 Å². The molecule has 0 bridgehead atoms.